The van der Waals surface area contributed by atoms with Gasteiger partial charge in [-0.3, -0.25) is 4.99 Å². The summed E-state index contributed by atoms with van der Waals surface area (Å²) in [6.45, 7) is 1.28. The van der Waals surface area contributed by atoms with Gasteiger partial charge in [-0.15, -0.1) is 0 Å². The first-order valence-corrected chi connectivity index (χ1v) is 10.6. The highest BCUT2D eigenvalue weighted by Crippen LogP contribution is 2.26. The van der Waals surface area contributed by atoms with Crippen molar-refractivity contribution >= 4 is 21.7 Å². The molecule has 0 aromatic heterocycles. The van der Waals surface area contributed by atoms with Gasteiger partial charge in [0.15, 0.2) is 5.96 Å². The highest BCUT2D eigenvalue weighted by Gasteiger charge is 2.27. The van der Waals surface area contributed by atoms with E-state index in [9.17, 15) is 17.2 Å². The number of sulfonamides is 1. The number of anilines is 1. The second-order valence-electron chi connectivity index (χ2n) is 6.76. The Kier molecular flexibility index (Phi) is 6.33. The Bertz CT molecular complexity index is 993. The maximum absolute atomic E-state index is 14.0. The number of nitrogens with one attached hydrogen (secondary N) is 2. The van der Waals surface area contributed by atoms with Crippen LogP contribution in [0.3, 0.4) is 0 Å². The third-order valence-electron chi connectivity index (χ3n) is 4.69. The molecule has 7 nitrogen and oxygen atoms in total. The Hall–Kier alpha value is -2.72. The van der Waals surface area contributed by atoms with Gasteiger partial charge in [0, 0.05) is 32.7 Å². The highest BCUT2D eigenvalue weighted by molar-refractivity contribution is 7.89. The lowest BCUT2D eigenvalue weighted by Crippen LogP contribution is -2.44. The number of benzene rings is 2. The fourth-order valence-electron chi connectivity index (χ4n) is 3.28. The molecule has 0 aliphatic carbocycles. The van der Waals surface area contributed by atoms with E-state index in [1.54, 1.807) is 24.1 Å². The van der Waals surface area contributed by atoms with Crippen LogP contribution < -0.4 is 20.7 Å². The molecule has 10 heteroatoms. The van der Waals surface area contributed by atoms with Gasteiger partial charge in [-0.2, -0.15) is 0 Å². The zero-order chi connectivity index (χ0) is 21.0. The van der Waals surface area contributed by atoms with E-state index in [1.807, 2.05) is 0 Å². The quantitative estimate of drug-likeness (QED) is 0.501. The van der Waals surface area contributed by atoms with Crippen LogP contribution in [-0.4, -0.2) is 40.6 Å². The first-order chi connectivity index (χ1) is 13.8. The molecule has 1 saturated heterocycles. The molecule has 1 aliphatic heterocycles. The summed E-state index contributed by atoms with van der Waals surface area (Å²) < 4.78 is 50.9. The van der Waals surface area contributed by atoms with Crippen LogP contribution in [0.2, 0.25) is 0 Å². The molecule has 0 bridgehead atoms. The van der Waals surface area contributed by atoms with E-state index in [4.69, 9.17) is 5.14 Å². The van der Waals surface area contributed by atoms with Crippen molar-refractivity contribution in [2.75, 3.05) is 25.0 Å². The zero-order valence-corrected chi connectivity index (χ0v) is 16.7. The zero-order valence-electron chi connectivity index (χ0n) is 15.9. The van der Waals surface area contributed by atoms with E-state index >= 15 is 0 Å². The van der Waals surface area contributed by atoms with Crippen molar-refractivity contribution in [3.8, 4) is 0 Å². The smallest absolute Gasteiger partial charge is 0.238 e. The molecule has 0 saturated carbocycles. The van der Waals surface area contributed by atoms with Crippen LogP contribution in [0.15, 0.2) is 52.4 Å². The summed E-state index contributed by atoms with van der Waals surface area (Å²) in [5.74, 6) is -0.655. The van der Waals surface area contributed by atoms with Gasteiger partial charge in [0.05, 0.1) is 4.90 Å². The second kappa shape index (κ2) is 8.75. The lowest BCUT2D eigenvalue weighted by molar-refractivity contribution is 0.575. The van der Waals surface area contributed by atoms with Gasteiger partial charge in [0.25, 0.3) is 0 Å². The van der Waals surface area contributed by atoms with E-state index in [0.29, 0.717) is 32.0 Å². The van der Waals surface area contributed by atoms with E-state index in [1.165, 1.54) is 30.3 Å². The Morgan fingerprint density at radius 3 is 2.59 bits per heavy atom. The van der Waals surface area contributed by atoms with Crippen molar-refractivity contribution in [2.45, 2.75) is 23.9 Å². The number of guanidine groups is 1. The second-order valence-corrected chi connectivity index (χ2v) is 8.33. The number of nitrogens with two attached hydrogens (primary N) is 1. The van der Waals surface area contributed by atoms with E-state index < -0.39 is 21.7 Å². The molecule has 4 N–H and O–H groups in total. The molecule has 1 fully saturated rings. The molecule has 29 heavy (non-hydrogen) atoms. The fourth-order valence-corrected chi connectivity index (χ4v) is 3.86. The maximum Gasteiger partial charge on any atom is 0.238 e. The summed E-state index contributed by atoms with van der Waals surface area (Å²) in [6.07, 6.45) is 0.690. The molecule has 1 atom stereocenters. The summed E-state index contributed by atoms with van der Waals surface area (Å²) in [6, 6.07) is 10.1. The van der Waals surface area contributed by atoms with Crippen LogP contribution in [0.25, 0.3) is 0 Å². The normalized spacial score (nSPS) is 17.4. The molecule has 0 radical (unpaired) electrons. The summed E-state index contributed by atoms with van der Waals surface area (Å²) in [4.78, 5) is 5.87. The van der Waals surface area contributed by atoms with E-state index in [-0.39, 0.29) is 16.6 Å². The Labute approximate surface area is 168 Å². The molecular formula is C19H23F2N5O2S. The first kappa shape index (κ1) is 21.0. The number of hydrogen-bond donors (Lipinski definition) is 3. The van der Waals surface area contributed by atoms with Gasteiger partial charge in [-0.25, -0.2) is 22.3 Å². The summed E-state index contributed by atoms with van der Waals surface area (Å²) in [5.41, 5.74) is 0.709. The fraction of sp³-hybridized carbons (Fsp3) is 0.316. The topological polar surface area (TPSA) is 99.8 Å². The van der Waals surface area contributed by atoms with Gasteiger partial charge in [0.2, 0.25) is 10.0 Å². The molecule has 1 aliphatic rings. The third kappa shape index (κ3) is 5.21. The minimum Gasteiger partial charge on any atom is -0.365 e. The Balaban J connectivity index is 1.59. The van der Waals surface area contributed by atoms with Gasteiger partial charge in [-0.1, -0.05) is 18.2 Å². The van der Waals surface area contributed by atoms with Crippen molar-refractivity contribution in [2.24, 2.45) is 10.1 Å². The molecule has 1 heterocycles. The summed E-state index contributed by atoms with van der Waals surface area (Å²) in [7, 11) is -2.16. The van der Waals surface area contributed by atoms with Crippen molar-refractivity contribution in [1.82, 2.24) is 10.6 Å². The number of rotatable bonds is 5. The van der Waals surface area contributed by atoms with Crippen LogP contribution >= 0.6 is 0 Å². The molecule has 0 spiro atoms. The van der Waals surface area contributed by atoms with Crippen molar-refractivity contribution < 1.29 is 17.2 Å². The summed E-state index contributed by atoms with van der Waals surface area (Å²) in [5, 5.41) is 11.5. The summed E-state index contributed by atoms with van der Waals surface area (Å²) >= 11 is 0. The maximum atomic E-state index is 14.0. The van der Waals surface area contributed by atoms with Gasteiger partial charge in [0.1, 0.15) is 17.3 Å². The van der Waals surface area contributed by atoms with Gasteiger partial charge in [-0.05, 0) is 36.2 Å². The largest absolute Gasteiger partial charge is 0.365 e. The van der Waals surface area contributed by atoms with E-state index in [2.05, 4.69) is 15.6 Å². The van der Waals surface area contributed by atoms with Crippen LogP contribution in [-0.2, 0) is 16.6 Å². The number of halogens is 2. The molecule has 1 unspecified atom stereocenters. The lowest BCUT2D eigenvalue weighted by Gasteiger charge is -2.21. The molecule has 0 amide bonds. The number of nitrogens with zero attached hydrogens (tertiary/aromatic N) is 2. The van der Waals surface area contributed by atoms with Crippen LogP contribution in [0.1, 0.15) is 12.0 Å². The van der Waals surface area contributed by atoms with Gasteiger partial charge < -0.3 is 15.5 Å². The average molecular weight is 423 g/mol. The van der Waals surface area contributed by atoms with Crippen LogP contribution in [0.4, 0.5) is 14.5 Å². The third-order valence-corrected chi connectivity index (χ3v) is 5.60. The van der Waals surface area contributed by atoms with E-state index in [0.717, 1.165) is 5.56 Å². The predicted octanol–water partition coefficient (Wildman–Crippen LogP) is 1.56. The SMILES string of the molecule is CN=C(NCc1cccc(S(N)(=O)=O)c1)NC1CCN(c2c(F)cccc2F)C1. The predicted molar refractivity (Wildman–Crippen MR) is 108 cm³/mol. The number of aliphatic imine (C=N–C) groups is 1. The van der Waals surface area contributed by atoms with Crippen LogP contribution in [0, 0.1) is 11.6 Å². The Morgan fingerprint density at radius 2 is 1.93 bits per heavy atom. The van der Waals surface area contributed by atoms with Gasteiger partial charge >= 0.3 is 0 Å². The minimum atomic E-state index is -3.77. The minimum absolute atomic E-state index is 0.0143. The Morgan fingerprint density at radius 1 is 1.24 bits per heavy atom. The number of hydrogen-bond acceptors (Lipinski definition) is 4. The van der Waals surface area contributed by atoms with Crippen molar-refractivity contribution in [1.29, 1.82) is 0 Å². The standard InChI is InChI=1S/C19H23F2N5O2S/c1-23-19(24-11-13-4-2-5-15(10-13)29(22,27)28)25-14-8-9-26(12-14)18-16(20)6-3-7-17(18)21/h2-7,10,14H,8-9,11-12H2,1H3,(H2,22,27,28)(H2,23,24,25). The molecule has 3 rings (SSSR count). The molecule has 2 aromatic rings. The monoisotopic (exact) mass is 423 g/mol. The molecule has 2 aromatic carbocycles. The van der Waals surface area contributed by atoms with Crippen molar-refractivity contribution in [3.63, 3.8) is 0 Å². The lowest BCUT2D eigenvalue weighted by atomic mass is 10.2. The van der Waals surface area contributed by atoms with Crippen LogP contribution in [0.5, 0.6) is 0 Å². The highest BCUT2D eigenvalue weighted by atomic mass is 32.2. The van der Waals surface area contributed by atoms with Crippen molar-refractivity contribution in [3.05, 3.63) is 59.7 Å². The number of para-hydroxylation sites is 1. The average Bonchev–Trinajstić information content (AvgIpc) is 3.12. The number of primary sulfonamides is 1. The molecular weight excluding hydrogens is 400 g/mol. The molecule has 156 valence electrons. The first-order valence-electron chi connectivity index (χ1n) is 9.06.